The van der Waals surface area contributed by atoms with E-state index in [2.05, 4.69) is 0 Å². The van der Waals surface area contributed by atoms with Crippen LogP contribution in [0.3, 0.4) is 0 Å². The van der Waals surface area contributed by atoms with Crippen LogP contribution in [0.25, 0.3) is 0 Å². The molecule has 0 atom stereocenters. The van der Waals surface area contributed by atoms with Crippen molar-refractivity contribution in [3.63, 3.8) is 0 Å². The molecular weight excluding hydrogens is 360 g/mol. The zero-order valence-corrected chi connectivity index (χ0v) is 15.8. The van der Waals surface area contributed by atoms with Gasteiger partial charge in [0.05, 0.1) is 21.8 Å². The number of hydroxylamine groups is 2. The number of halogens is 1. The summed E-state index contributed by atoms with van der Waals surface area (Å²) in [6.45, 7) is 7.74. The van der Waals surface area contributed by atoms with Crippen LogP contribution >= 0.6 is 11.6 Å². The summed E-state index contributed by atoms with van der Waals surface area (Å²) in [5, 5.41) is 0.599. The first-order valence-corrected chi connectivity index (χ1v) is 8.63. The van der Waals surface area contributed by atoms with E-state index in [1.165, 1.54) is 6.07 Å². The lowest BCUT2D eigenvalue weighted by Crippen LogP contribution is -2.41. The number of carbonyl (C=O) groups excluding carboxylic acids is 3. The summed E-state index contributed by atoms with van der Waals surface area (Å²) >= 11 is 6.20. The molecule has 0 N–H and O–H groups in total. The second-order valence-electron chi connectivity index (χ2n) is 7.29. The van der Waals surface area contributed by atoms with E-state index in [9.17, 15) is 14.4 Å². The van der Waals surface area contributed by atoms with E-state index in [0.717, 1.165) is 0 Å². The van der Waals surface area contributed by atoms with Gasteiger partial charge in [0, 0.05) is 12.8 Å². The fourth-order valence-electron chi connectivity index (χ4n) is 2.61. The van der Waals surface area contributed by atoms with Crippen molar-refractivity contribution in [1.82, 2.24) is 5.06 Å². The van der Waals surface area contributed by atoms with Crippen LogP contribution in [0.5, 0.6) is 0 Å². The zero-order valence-electron chi connectivity index (χ0n) is 15.0. The van der Waals surface area contributed by atoms with E-state index in [1.54, 1.807) is 12.1 Å². The molecule has 9 heteroatoms. The van der Waals surface area contributed by atoms with Gasteiger partial charge in [0.1, 0.15) is 0 Å². The minimum atomic E-state index is -0.876. The molecule has 0 radical (unpaired) electrons. The number of rotatable bonds is 3. The van der Waals surface area contributed by atoms with E-state index < -0.39 is 36.1 Å². The molecule has 2 aliphatic heterocycles. The second kappa shape index (κ2) is 6.37. The van der Waals surface area contributed by atoms with Crippen molar-refractivity contribution in [3.8, 4) is 0 Å². The number of benzene rings is 1. The molecule has 0 bridgehead atoms. The molecule has 2 heterocycles. The van der Waals surface area contributed by atoms with Crippen LogP contribution in [-0.2, 0) is 23.7 Å². The molecule has 1 aromatic rings. The first-order chi connectivity index (χ1) is 12.0. The number of hydrogen-bond acceptors (Lipinski definition) is 6. The maximum atomic E-state index is 12.2. The fraction of sp³-hybridized carbons (Fsp3) is 0.471. The van der Waals surface area contributed by atoms with Gasteiger partial charge in [-0.05, 0) is 45.3 Å². The highest BCUT2D eigenvalue weighted by molar-refractivity contribution is 6.62. The number of amides is 2. The summed E-state index contributed by atoms with van der Waals surface area (Å²) in [7, 11) is -0.621. The Kier molecular flexibility index (Phi) is 4.63. The van der Waals surface area contributed by atoms with Gasteiger partial charge in [-0.3, -0.25) is 9.59 Å². The SMILES string of the molecule is CC1(C)OB(c2ccc(C(=O)ON3C(=O)CCC3=O)c(Cl)c2)OC1(C)C. The van der Waals surface area contributed by atoms with Gasteiger partial charge in [-0.1, -0.05) is 17.7 Å². The molecule has 2 aliphatic rings. The zero-order chi connectivity index (χ0) is 19.3. The summed E-state index contributed by atoms with van der Waals surface area (Å²) in [6, 6.07) is 4.64. The van der Waals surface area contributed by atoms with Crippen LogP contribution in [0.2, 0.25) is 5.02 Å². The largest absolute Gasteiger partial charge is 0.494 e. The molecule has 1 aromatic carbocycles. The summed E-state index contributed by atoms with van der Waals surface area (Å²) < 4.78 is 11.9. The van der Waals surface area contributed by atoms with Crippen molar-refractivity contribution in [1.29, 1.82) is 0 Å². The van der Waals surface area contributed by atoms with Gasteiger partial charge in [-0.25, -0.2) is 4.79 Å². The first-order valence-electron chi connectivity index (χ1n) is 8.25. The van der Waals surface area contributed by atoms with Crippen LogP contribution in [0.1, 0.15) is 50.9 Å². The third-order valence-corrected chi connectivity index (χ3v) is 5.23. The summed E-state index contributed by atoms with van der Waals surface area (Å²) in [5.74, 6) is -1.97. The second-order valence-corrected chi connectivity index (χ2v) is 7.70. The van der Waals surface area contributed by atoms with Crippen molar-refractivity contribution < 1.29 is 28.5 Å². The number of hydrogen-bond donors (Lipinski definition) is 0. The van der Waals surface area contributed by atoms with Crippen molar-refractivity contribution in [2.24, 2.45) is 0 Å². The lowest BCUT2D eigenvalue weighted by atomic mass is 9.79. The van der Waals surface area contributed by atoms with Gasteiger partial charge in [0.15, 0.2) is 0 Å². The monoisotopic (exact) mass is 379 g/mol. The van der Waals surface area contributed by atoms with Gasteiger partial charge >= 0.3 is 13.1 Å². The molecule has 7 nitrogen and oxygen atoms in total. The Balaban J connectivity index is 1.77. The first kappa shape index (κ1) is 18.9. The predicted octanol–water partition coefficient (Wildman–Crippen LogP) is 1.86. The molecule has 0 saturated carbocycles. The molecule has 2 amide bonds. The predicted molar refractivity (Wildman–Crippen MR) is 93.7 cm³/mol. The number of carbonyl (C=O) groups is 3. The average Bonchev–Trinajstić information content (AvgIpc) is 2.96. The van der Waals surface area contributed by atoms with Gasteiger partial charge < -0.3 is 14.1 Å². The summed E-state index contributed by atoms with van der Waals surface area (Å²) in [4.78, 5) is 40.2. The minimum Gasteiger partial charge on any atom is -0.399 e. The molecule has 138 valence electrons. The maximum Gasteiger partial charge on any atom is 0.494 e. The Morgan fingerprint density at radius 3 is 2.15 bits per heavy atom. The Morgan fingerprint density at radius 1 is 1.12 bits per heavy atom. The standard InChI is InChI=1S/C17H19BClNO6/c1-16(2)17(3,4)26-18(25-16)10-5-6-11(12(19)9-10)15(23)24-20-13(21)7-8-14(20)22/h5-6,9H,7-8H2,1-4H3. The molecule has 2 saturated heterocycles. The van der Waals surface area contributed by atoms with E-state index in [1.807, 2.05) is 27.7 Å². The van der Waals surface area contributed by atoms with Crippen LogP contribution in [0.15, 0.2) is 18.2 Å². The van der Waals surface area contributed by atoms with Crippen LogP contribution in [0, 0.1) is 0 Å². The molecule has 3 rings (SSSR count). The number of imide groups is 1. The van der Waals surface area contributed by atoms with Crippen molar-refractivity contribution in [2.75, 3.05) is 0 Å². The van der Waals surface area contributed by atoms with E-state index in [4.69, 9.17) is 25.7 Å². The van der Waals surface area contributed by atoms with Crippen molar-refractivity contribution >= 4 is 42.0 Å². The van der Waals surface area contributed by atoms with Gasteiger partial charge in [0.25, 0.3) is 11.8 Å². The summed E-state index contributed by atoms with van der Waals surface area (Å²) in [6.07, 6.45) is 0.0570. The average molecular weight is 380 g/mol. The molecular formula is C17H19BClNO6. The van der Waals surface area contributed by atoms with Crippen molar-refractivity contribution in [2.45, 2.75) is 51.7 Å². The van der Waals surface area contributed by atoms with E-state index in [-0.39, 0.29) is 23.4 Å². The molecule has 0 spiro atoms. The smallest absolute Gasteiger partial charge is 0.399 e. The molecule has 0 aliphatic carbocycles. The topological polar surface area (TPSA) is 82.1 Å². The molecule has 0 aromatic heterocycles. The van der Waals surface area contributed by atoms with Crippen LogP contribution in [0.4, 0.5) is 0 Å². The maximum absolute atomic E-state index is 12.2. The third kappa shape index (κ3) is 3.24. The highest BCUT2D eigenvalue weighted by Gasteiger charge is 2.51. The minimum absolute atomic E-state index is 0.0285. The summed E-state index contributed by atoms with van der Waals surface area (Å²) in [5.41, 5.74) is -0.311. The number of nitrogens with zero attached hydrogens (tertiary/aromatic N) is 1. The van der Waals surface area contributed by atoms with Gasteiger partial charge in [-0.2, -0.15) is 0 Å². The Hall–Kier alpha value is -1.90. The van der Waals surface area contributed by atoms with Gasteiger partial charge in [0.2, 0.25) is 0 Å². The molecule has 2 fully saturated rings. The van der Waals surface area contributed by atoms with Crippen LogP contribution < -0.4 is 5.46 Å². The highest BCUT2D eigenvalue weighted by atomic mass is 35.5. The third-order valence-electron chi connectivity index (χ3n) is 4.92. The molecule has 0 unspecified atom stereocenters. The van der Waals surface area contributed by atoms with Crippen molar-refractivity contribution in [3.05, 3.63) is 28.8 Å². The Bertz CT molecular complexity index is 761. The lowest BCUT2D eigenvalue weighted by Gasteiger charge is -2.32. The molecule has 26 heavy (non-hydrogen) atoms. The highest BCUT2D eigenvalue weighted by Crippen LogP contribution is 2.36. The quantitative estimate of drug-likeness (QED) is 0.589. The van der Waals surface area contributed by atoms with Gasteiger partial charge in [-0.15, -0.1) is 5.06 Å². The fourth-order valence-corrected chi connectivity index (χ4v) is 2.88. The van der Waals surface area contributed by atoms with Crippen LogP contribution in [-0.4, -0.2) is 41.2 Å². The van der Waals surface area contributed by atoms with E-state index in [0.29, 0.717) is 10.5 Å². The lowest BCUT2D eigenvalue weighted by molar-refractivity contribution is -0.172. The Morgan fingerprint density at radius 2 is 1.65 bits per heavy atom. The van der Waals surface area contributed by atoms with E-state index >= 15 is 0 Å². The Labute approximate surface area is 156 Å². The normalized spacial score (nSPS) is 21.4.